The van der Waals surface area contributed by atoms with Crippen LogP contribution in [0.2, 0.25) is 18.1 Å². The number of aldehydes is 1. The molecule has 0 aliphatic rings. The van der Waals surface area contributed by atoms with E-state index in [0.29, 0.717) is 13.2 Å². The van der Waals surface area contributed by atoms with Gasteiger partial charge in [0.25, 0.3) is 0 Å². The number of rotatable bonds is 9. The van der Waals surface area contributed by atoms with Crippen LogP contribution in [-0.2, 0) is 20.6 Å². The van der Waals surface area contributed by atoms with Crippen LogP contribution in [0, 0.1) is 5.92 Å². The molecule has 0 saturated heterocycles. The predicted octanol–water partition coefficient (Wildman–Crippen LogP) is 4.82. The van der Waals surface area contributed by atoms with Crippen LogP contribution in [0.25, 0.3) is 0 Å². The summed E-state index contributed by atoms with van der Waals surface area (Å²) in [6.45, 7) is 14.3. The molecule has 0 saturated carbocycles. The summed E-state index contributed by atoms with van der Waals surface area (Å²) in [4.78, 5) is 11.5. The highest BCUT2D eigenvalue weighted by molar-refractivity contribution is 6.74. The lowest BCUT2D eigenvalue weighted by molar-refractivity contribution is -0.116. The molecule has 1 aromatic carbocycles. The minimum absolute atomic E-state index is 0.109. The number of ether oxygens (including phenoxy) is 1. The van der Waals surface area contributed by atoms with Gasteiger partial charge in [0.15, 0.2) is 8.32 Å². The molecule has 0 aliphatic carbocycles. The summed E-state index contributed by atoms with van der Waals surface area (Å²) in [7, 11) is -1.92. The Balaban J connectivity index is 2.42. The third kappa shape index (κ3) is 6.57. The zero-order valence-corrected chi connectivity index (χ0v) is 16.5. The fraction of sp³-hybridized carbons (Fsp3) is 0.632. The van der Waals surface area contributed by atoms with E-state index in [4.69, 9.17) is 9.16 Å². The molecule has 0 N–H and O–H groups in total. The first kappa shape index (κ1) is 20.1. The van der Waals surface area contributed by atoms with Crippen LogP contribution in [0.4, 0.5) is 0 Å². The van der Waals surface area contributed by atoms with E-state index in [0.717, 1.165) is 12.7 Å². The van der Waals surface area contributed by atoms with Crippen LogP contribution < -0.4 is 0 Å². The monoisotopic (exact) mass is 336 g/mol. The first-order chi connectivity index (χ1) is 10.7. The molecule has 2 atom stereocenters. The average Bonchev–Trinajstić information content (AvgIpc) is 2.49. The molecular formula is C19H32O3Si. The highest BCUT2D eigenvalue weighted by Gasteiger charge is 2.40. The molecule has 0 radical (unpaired) electrons. The third-order valence-electron chi connectivity index (χ3n) is 4.76. The van der Waals surface area contributed by atoms with Crippen LogP contribution in [-0.4, -0.2) is 27.3 Å². The zero-order valence-electron chi connectivity index (χ0n) is 15.5. The smallest absolute Gasteiger partial charge is 0.193 e. The summed E-state index contributed by atoms with van der Waals surface area (Å²) in [6, 6.07) is 10.1. The van der Waals surface area contributed by atoms with E-state index in [1.54, 1.807) is 0 Å². The lowest BCUT2D eigenvalue weighted by Crippen LogP contribution is -2.46. The van der Waals surface area contributed by atoms with E-state index >= 15 is 0 Å². The molecule has 23 heavy (non-hydrogen) atoms. The van der Waals surface area contributed by atoms with Gasteiger partial charge in [0.05, 0.1) is 6.61 Å². The molecule has 4 heteroatoms. The maximum Gasteiger partial charge on any atom is 0.193 e. The van der Waals surface area contributed by atoms with E-state index in [1.807, 2.05) is 18.2 Å². The van der Waals surface area contributed by atoms with Gasteiger partial charge in [-0.15, -0.1) is 0 Å². The maximum absolute atomic E-state index is 11.5. The Morgan fingerprint density at radius 3 is 2.30 bits per heavy atom. The van der Waals surface area contributed by atoms with E-state index in [2.05, 4.69) is 52.9 Å². The van der Waals surface area contributed by atoms with Crippen molar-refractivity contribution in [2.24, 2.45) is 5.92 Å². The third-order valence-corrected chi connectivity index (χ3v) is 9.23. The Hall–Kier alpha value is -0.973. The van der Waals surface area contributed by atoms with Crippen molar-refractivity contribution in [1.82, 2.24) is 0 Å². The van der Waals surface area contributed by atoms with Crippen LogP contribution in [0.15, 0.2) is 30.3 Å². The molecule has 3 nitrogen and oxygen atoms in total. The van der Waals surface area contributed by atoms with Crippen LogP contribution in [0.1, 0.15) is 39.7 Å². The van der Waals surface area contributed by atoms with Gasteiger partial charge in [0.1, 0.15) is 12.4 Å². The largest absolute Gasteiger partial charge is 0.407 e. The Morgan fingerprint density at radius 2 is 1.78 bits per heavy atom. The van der Waals surface area contributed by atoms with Gasteiger partial charge in [0.2, 0.25) is 0 Å². The molecule has 0 amide bonds. The lowest BCUT2D eigenvalue weighted by atomic mass is 10.0. The fourth-order valence-electron chi connectivity index (χ4n) is 1.99. The minimum Gasteiger partial charge on any atom is -0.407 e. The molecule has 1 aromatic rings. The molecule has 0 aromatic heterocycles. The summed E-state index contributed by atoms with van der Waals surface area (Å²) in [5, 5.41) is 0.109. The topological polar surface area (TPSA) is 35.5 Å². The van der Waals surface area contributed by atoms with E-state index in [9.17, 15) is 4.79 Å². The van der Waals surface area contributed by atoms with Gasteiger partial charge < -0.3 is 14.0 Å². The molecule has 1 rings (SSSR count). The average molecular weight is 337 g/mol. The summed E-state index contributed by atoms with van der Waals surface area (Å²) < 4.78 is 12.0. The maximum atomic E-state index is 11.5. The fourth-order valence-corrected chi connectivity index (χ4v) is 3.31. The highest BCUT2D eigenvalue weighted by Crippen LogP contribution is 2.38. The minimum atomic E-state index is -1.92. The first-order valence-corrected chi connectivity index (χ1v) is 11.3. The first-order valence-electron chi connectivity index (χ1n) is 8.42. The van der Waals surface area contributed by atoms with Crippen molar-refractivity contribution in [1.29, 1.82) is 0 Å². The molecule has 0 unspecified atom stereocenters. The van der Waals surface area contributed by atoms with Crippen LogP contribution >= 0.6 is 0 Å². The Labute approximate surface area is 142 Å². The predicted molar refractivity (Wildman–Crippen MR) is 98.0 cm³/mol. The molecular weight excluding hydrogens is 304 g/mol. The molecule has 0 aliphatic heterocycles. The van der Waals surface area contributed by atoms with Crippen molar-refractivity contribution in [2.45, 2.75) is 65.0 Å². The van der Waals surface area contributed by atoms with Crippen molar-refractivity contribution >= 4 is 14.6 Å². The highest BCUT2D eigenvalue weighted by atomic mass is 28.4. The van der Waals surface area contributed by atoms with E-state index in [1.165, 1.54) is 5.56 Å². The normalized spacial score (nSPS) is 15.2. The van der Waals surface area contributed by atoms with Gasteiger partial charge in [-0.2, -0.15) is 0 Å². The van der Waals surface area contributed by atoms with Crippen LogP contribution in [0.5, 0.6) is 0 Å². The van der Waals surface area contributed by atoms with Crippen molar-refractivity contribution < 1.29 is 14.0 Å². The van der Waals surface area contributed by atoms with Gasteiger partial charge in [-0.1, -0.05) is 58.0 Å². The second-order valence-electron chi connectivity index (χ2n) is 7.78. The number of benzene rings is 1. The number of hydrogen-bond donors (Lipinski definition) is 0. The van der Waals surface area contributed by atoms with Gasteiger partial charge in [0, 0.05) is 6.61 Å². The lowest BCUT2D eigenvalue weighted by Gasteiger charge is -2.39. The molecule has 0 bridgehead atoms. The zero-order chi connectivity index (χ0) is 17.5. The number of carbonyl (C=O) groups is 1. The van der Waals surface area contributed by atoms with Gasteiger partial charge in [-0.3, -0.25) is 0 Å². The molecule has 0 fully saturated rings. The Kier molecular flexibility index (Phi) is 7.65. The number of carbonyl (C=O) groups excluding carboxylic acids is 1. The molecule has 130 valence electrons. The second kappa shape index (κ2) is 8.76. The molecule has 0 spiro atoms. The summed E-state index contributed by atoms with van der Waals surface area (Å²) in [5.74, 6) is 0.164. The Morgan fingerprint density at radius 1 is 1.17 bits per heavy atom. The van der Waals surface area contributed by atoms with Crippen molar-refractivity contribution in [3.63, 3.8) is 0 Å². The van der Waals surface area contributed by atoms with Gasteiger partial charge >= 0.3 is 0 Å². The standard InChI is InChI=1S/C19H32O3Si/c1-16(12-13-21-15-17-10-8-7-9-11-17)18(14-20)22-23(5,6)19(2,3)4/h7-11,14,16,18H,12-13,15H2,1-6H3/t16-,18+/m1/s1. The van der Waals surface area contributed by atoms with Gasteiger partial charge in [-0.25, -0.2) is 0 Å². The van der Waals surface area contributed by atoms with E-state index in [-0.39, 0.29) is 17.1 Å². The van der Waals surface area contributed by atoms with Crippen molar-refractivity contribution in [3.05, 3.63) is 35.9 Å². The van der Waals surface area contributed by atoms with Crippen molar-refractivity contribution in [3.8, 4) is 0 Å². The summed E-state index contributed by atoms with van der Waals surface area (Å²) in [6.07, 6.45) is 1.45. The summed E-state index contributed by atoms with van der Waals surface area (Å²) >= 11 is 0. The van der Waals surface area contributed by atoms with Gasteiger partial charge in [-0.05, 0) is 36.0 Å². The Bertz CT molecular complexity index is 465. The van der Waals surface area contributed by atoms with E-state index < -0.39 is 8.32 Å². The second-order valence-corrected chi connectivity index (χ2v) is 12.5. The number of hydrogen-bond acceptors (Lipinski definition) is 3. The molecule has 0 heterocycles. The SMILES string of the molecule is C[C@H](CCOCc1ccccc1)[C@H](C=O)O[Si](C)(C)C(C)(C)C. The summed E-state index contributed by atoms with van der Waals surface area (Å²) in [5.41, 5.74) is 1.17. The quantitative estimate of drug-likeness (QED) is 0.368. The van der Waals surface area contributed by atoms with Crippen LogP contribution in [0.3, 0.4) is 0 Å². The van der Waals surface area contributed by atoms with Crippen molar-refractivity contribution in [2.75, 3.05) is 6.61 Å².